The van der Waals surface area contributed by atoms with Crippen molar-refractivity contribution in [1.29, 1.82) is 5.26 Å². The summed E-state index contributed by atoms with van der Waals surface area (Å²) >= 11 is 0. The first-order chi connectivity index (χ1) is 9.86. The minimum atomic E-state index is -3.82. The standard InChI is InChI=1S/C14H13N3O3S/c1-17(11-4-2-3-10(7-11)9-15)21(19,20)12-5-6-14(18)13(16)8-12/h2-8,18H,16H2,1H3. The lowest BCUT2D eigenvalue weighted by Crippen LogP contribution is -2.26. The molecular weight excluding hydrogens is 290 g/mol. The van der Waals surface area contributed by atoms with E-state index in [9.17, 15) is 13.5 Å². The predicted molar refractivity (Wildman–Crippen MR) is 79.3 cm³/mol. The van der Waals surface area contributed by atoms with Crippen molar-refractivity contribution in [1.82, 2.24) is 0 Å². The summed E-state index contributed by atoms with van der Waals surface area (Å²) in [5.41, 5.74) is 6.23. The van der Waals surface area contributed by atoms with Crippen LogP contribution in [-0.4, -0.2) is 20.6 Å². The Balaban J connectivity index is 2.47. The van der Waals surface area contributed by atoms with E-state index in [2.05, 4.69) is 0 Å². The average Bonchev–Trinajstić information content (AvgIpc) is 2.49. The van der Waals surface area contributed by atoms with Crippen LogP contribution in [0.3, 0.4) is 0 Å². The van der Waals surface area contributed by atoms with Crippen molar-refractivity contribution in [2.45, 2.75) is 4.90 Å². The molecule has 0 aliphatic heterocycles. The SMILES string of the molecule is CN(c1cccc(C#N)c1)S(=O)(=O)c1ccc(O)c(N)c1. The van der Waals surface area contributed by atoms with Gasteiger partial charge in [-0.15, -0.1) is 0 Å². The van der Waals surface area contributed by atoms with Gasteiger partial charge in [0.05, 0.1) is 27.9 Å². The molecule has 0 radical (unpaired) electrons. The van der Waals surface area contributed by atoms with Crippen LogP contribution in [0.5, 0.6) is 5.75 Å². The highest BCUT2D eigenvalue weighted by molar-refractivity contribution is 7.92. The summed E-state index contributed by atoms with van der Waals surface area (Å²) in [7, 11) is -2.44. The maximum Gasteiger partial charge on any atom is 0.264 e. The molecule has 0 aromatic heterocycles. The first-order valence-corrected chi connectivity index (χ1v) is 7.38. The fraction of sp³-hybridized carbons (Fsp3) is 0.0714. The molecule has 0 amide bonds. The van der Waals surface area contributed by atoms with Crippen molar-refractivity contribution in [2.75, 3.05) is 17.1 Å². The Labute approximate surface area is 122 Å². The van der Waals surface area contributed by atoms with E-state index in [0.717, 1.165) is 4.31 Å². The number of phenolic OH excluding ortho intramolecular Hbond substituents is 1. The second-order valence-corrected chi connectivity index (χ2v) is 6.32. The predicted octanol–water partition coefficient (Wildman–Crippen LogP) is 1.67. The molecule has 0 heterocycles. The molecule has 2 aromatic rings. The van der Waals surface area contributed by atoms with Crippen LogP contribution in [0.15, 0.2) is 47.4 Å². The fourth-order valence-electron chi connectivity index (χ4n) is 1.76. The Morgan fingerprint density at radius 1 is 1.24 bits per heavy atom. The molecule has 0 spiro atoms. The zero-order valence-corrected chi connectivity index (χ0v) is 12.0. The van der Waals surface area contributed by atoms with Crippen LogP contribution in [0.1, 0.15) is 5.56 Å². The third-order valence-corrected chi connectivity index (χ3v) is 4.78. The van der Waals surface area contributed by atoms with Crippen LogP contribution in [0.25, 0.3) is 0 Å². The summed E-state index contributed by atoms with van der Waals surface area (Å²) in [5, 5.41) is 18.2. The molecule has 0 saturated heterocycles. The number of hydrogen-bond acceptors (Lipinski definition) is 5. The van der Waals surface area contributed by atoms with E-state index in [0.29, 0.717) is 11.3 Å². The van der Waals surface area contributed by atoms with E-state index in [-0.39, 0.29) is 16.3 Å². The molecule has 6 nitrogen and oxygen atoms in total. The number of nitrogens with zero attached hydrogens (tertiary/aromatic N) is 2. The minimum absolute atomic E-state index is 0.0183. The molecule has 0 bridgehead atoms. The highest BCUT2D eigenvalue weighted by atomic mass is 32.2. The second kappa shape index (κ2) is 5.34. The van der Waals surface area contributed by atoms with Gasteiger partial charge in [-0.2, -0.15) is 5.26 Å². The van der Waals surface area contributed by atoms with E-state index in [1.54, 1.807) is 18.2 Å². The first kappa shape index (κ1) is 14.7. The van der Waals surface area contributed by atoms with Crippen LogP contribution >= 0.6 is 0 Å². The molecule has 7 heteroatoms. The summed E-state index contributed by atoms with van der Waals surface area (Å²) in [6.07, 6.45) is 0. The Morgan fingerprint density at radius 2 is 1.95 bits per heavy atom. The van der Waals surface area contributed by atoms with Gasteiger partial charge in [-0.3, -0.25) is 4.31 Å². The second-order valence-electron chi connectivity index (χ2n) is 4.36. The van der Waals surface area contributed by atoms with E-state index in [1.165, 1.54) is 31.3 Å². The third-order valence-electron chi connectivity index (χ3n) is 3.00. The molecule has 3 N–H and O–H groups in total. The number of nitrogens with two attached hydrogens (primary N) is 1. The molecule has 0 saturated carbocycles. The number of benzene rings is 2. The highest BCUT2D eigenvalue weighted by Crippen LogP contribution is 2.27. The van der Waals surface area contributed by atoms with Crippen molar-refractivity contribution < 1.29 is 13.5 Å². The molecule has 0 aliphatic carbocycles. The number of anilines is 2. The van der Waals surface area contributed by atoms with E-state index >= 15 is 0 Å². The van der Waals surface area contributed by atoms with Crippen LogP contribution in [0.2, 0.25) is 0 Å². The number of nitriles is 1. The van der Waals surface area contributed by atoms with Crippen LogP contribution < -0.4 is 10.0 Å². The van der Waals surface area contributed by atoms with Gasteiger partial charge in [-0.25, -0.2) is 8.42 Å². The summed E-state index contributed by atoms with van der Waals surface area (Å²) in [6, 6.07) is 11.9. The molecule has 0 aliphatic rings. The maximum atomic E-state index is 12.5. The summed E-state index contributed by atoms with van der Waals surface area (Å²) in [5.74, 6) is -0.178. The van der Waals surface area contributed by atoms with Gasteiger partial charge in [0.25, 0.3) is 10.0 Å². The quantitative estimate of drug-likeness (QED) is 0.662. The van der Waals surface area contributed by atoms with Gasteiger partial charge in [0, 0.05) is 7.05 Å². The van der Waals surface area contributed by atoms with Crippen molar-refractivity contribution in [3.05, 3.63) is 48.0 Å². The van der Waals surface area contributed by atoms with E-state index < -0.39 is 10.0 Å². The Morgan fingerprint density at radius 3 is 2.57 bits per heavy atom. The lowest BCUT2D eigenvalue weighted by molar-refractivity contribution is 0.477. The summed E-state index contributed by atoms with van der Waals surface area (Å²) in [6.45, 7) is 0. The number of sulfonamides is 1. The molecule has 0 fully saturated rings. The van der Waals surface area contributed by atoms with Gasteiger partial charge in [0.1, 0.15) is 5.75 Å². The lowest BCUT2D eigenvalue weighted by Gasteiger charge is -2.20. The van der Waals surface area contributed by atoms with Gasteiger partial charge in [0.15, 0.2) is 0 Å². The zero-order valence-electron chi connectivity index (χ0n) is 11.2. The number of hydrogen-bond donors (Lipinski definition) is 2. The topological polar surface area (TPSA) is 107 Å². The molecular formula is C14H13N3O3S. The summed E-state index contributed by atoms with van der Waals surface area (Å²) < 4.78 is 26.1. The number of nitrogen functional groups attached to an aromatic ring is 1. The van der Waals surface area contributed by atoms with Crippen LogP contribution in [0, 0.1) is 11.3 Å². The Hall–Kier alpha value is -2.72. The molecule has 108 valence electrons. The van der Waals surface area contributed by atoms with Crippen LogP contribution in [0.4, 0.5) is 11.4 Å². The van der Waals surface area contributed by atoms with Gasteiger partial charge in [-0.05, 0) is 36.4 Å². The normalized spacial score (nSPS) is 10.9. The zero-order chi connectivity index (χ0) is 15.6. The number of phenols is 1. The van der Waals surface area contributed by atoms with Crippen LogP contribution in [-0.2, 0) is 10.0 Å². The van der Waals surface area contributed by atoms with Gasteiger partial charge in [-0.1, -0.05) is 6.07 Å². The minimum Gasteiger partial charge on any atom is -0.506 e. The molecule has 2 aromatic carbocycles. The molecule has 21 heavy (non-hydrogen) atoms. The lowest BCUT2D eigenvalue weighted by atomic mass is 10.2. The van der Waals surface area contributed by atoms with Gasteiger partial charge >= 0.3 is 0 Å². The molecule has 0 unspecified atom stereocenters. The summed E-state index contributed by atoms with van der Waals surface area (Å²) in [4.78, 5) is -0.0392. The molecule has 2 rings (SSSR count). The van der Waals surface area contributed by atoms with Crippen molar-refractivity contribution in [2.24, 2.45) is 0 Å². The highest BCUT2D eigenvalue weighted by Gasteiger charge is 2.22. The Bertz CT molecular complexity index is 826. The molecule has 0 atom stereocenters. The first-order valence-electron chi connectivity index (χ1n) is 5.94. The van der Waals surface area contributed by atoms with Crippen molar-refractivity contribution >= 4 is 21.4 Å². The largest absolute Gasteiger partial charge is 0.506 e. The fourth-order valence-corrected chi connectivity index (χ4v) is 2.98. The smallest absolute Gasteiger partial charge is 0.264 e. The van der Waals surface area contributed by atoms with Crippen molar-refractivity contribution in [3.8, 4) is 11.8 Å². The number of rotatable bonds is 3. The Kier molecular flexibility index (Phi) is 3.74. The van der Waals surface area contributed by atoms with E-state index in [4.69, 9.17) is 11.0 Å². The van der Waals surface area contributed by atoms with Crippen molar-refractivity contribution in [3.63, 3.8) is 0 Å². The van der Waals surface area contributed by atoms with E-state index in [1.807, 2.05) is 6.07 Å². The average molecular weight is 303 g/mol. The maximum absolute atomic E-state index is 12.5. The van der Waals surface area contributed by atoms with Gasteiger partial charge < -0.3 is 10.8 Å². The third kappa shape index (κ3) is 2.75. The number of aromatic hydroxyl groups is 1. The van der Waals surface area contributed by atoms with Gasteiger partial charge in [0.2, 0.25) is 0 Å². The monoisotopic (exact) mass is 303 g/mol.